The van der Waals surface area contributed by atoms with Crippen LogP contribution in [0.5, 0.6) is 5.75 Å². The maximum absolute atomic E-state index is 5.59. The van der Waals surface area contributed by atoms with E-state index in [9.17, 15) is 0 Å². The lowest BCUT2D eigenvalue weighted by Gasteiger charge is -2.05. The quantitative estimate of drug-likeness (QED) is 0.897. The maximum atomic E-state index is 5.59. The topological polar surface area (TPSA) is 53.1 Å². The van der Waals surface area contributed by atoms with Crippen molar-refractivity contribution in [2.75, 3.05) is 13.7 Å². The van der Waals surface area contributed by atoms with Crippen LogP contribution in [0, 0.1) is 13.8 Å². The van der Waals surface area contributed by atoms with Crippen molar-refractivity contribution in [3.63, 3.8) is 0 Å². The Bertz CT molecular complexity index is 529. The van der Waals surface area contributed by atoms with Gasteiger partial charge in [-0.15, -0.1) is 0 Å². The molecule has 2 rings (SSSR count). The Hall–Kier alpha value is -1.81. The highest BCUT2D eigenvalue weighted by molar-refractivity contribution is 5.69. The lowest BCUT2D eigenvalue weighted by Crippen LogP contribution is -2.12. The molecule has 0 bridgehead atoms. The van der Waals surface area contributed by atoms with Crippen LogP contribution >= 0.6 is 0 Å². The SMILES string of the molecule is COc1ccc(-c2c(C)nn(CCN)c2C)cc1. The van der Waals surface area contributed by atoms with Crippen LogP contribution in [0.3, 0.4) is 0 Å². The van der Waals surface area contributed by atoms with E-state index in [2.05, 4.69) is 24.2 Å². The highest BCUT2D eigenvalue weighted by atomic mass is 16.5. The Morgan fingerprint density at radius 1 is 1.22 bits per heavy atom. The van der Waals surface area contributed by atoms with Crippen molar-refractivity contribution in [3.8, 4) is 16.9 Å². The van der Waals surface area contributed by atoms with Gasteiger partial charge in [0.15, 0.2) is 0 Å². The van der Waals surface area contributed by atoms with Crippen LogP contribution in [0.2, 0.25) is 0 Å². The third-order valence-corrected chi connectivity index (χ3v) is 3.10. The van der Waals surface area contributed by atoms with E-state index in [1.807, 2.05) is 23.7 Å². The zero-order valence-corrected chi connectivity index (χ0v) is 11.1. The van der Waals surface area contributed by atoms with Crippen molar-refractivity contribution in [3.05, 3.63) is 35.7 Å². The van der Waals surface area contributed by atoms with Gasteiger partial charge in [-0.1, -0.05) is 12.1 Å². The molecule has 4 heteroatoms. The molecule has 0 aliphatic heterocycles. The number of rotatable bonds is 4. The molecule has 0 amide bonds. The van der Waals surface area contributed by atoms with Gasteiger partial charge in [0, 0.05) is 17.8 Å². The van der Waals surface area contributed by atoms with Gasteiger partial charge in [-0.05, 0) is 31.5 Å². The first-order chi connectivity index (χ1) is 8.67. The van der Waals surface area contributed by atoms with Gasteiger partial charge < -0.3 is 10.5 Å². The monoisotopic (exact) mass is 245 g/mol. The predicted octanol–water partition coefficient (Wildman–Crippen LogP) is 2.13. The first-order valence-electron chi connectivity index (χ1n) is 6.06. The zero-order valence-electron chi connectivity index (χ0n) is 11.1. The molecule has 0 saturated heterocycles. The van der Waals surface area contributed by atoms with E-state index in [-0.39, 0.29) is 0 Å². The minimum Gasteiger partial charge on any atom is -0.497 e. The Kier molecular flexibility index (Phi) is 3.67. The molecule has 0 atom stereocenters. The van der Waals surface area contributed by atoms with E-state index in [4.69, 9.17) is 10.5 Å². The minimum atomic E-state index is 0.601. The third kappa shape index (κ3) is 2.24. The molecule has 1 aromatic carbocycles. The van der Waals surface area contributed by atoms with E-state index < -0.39 is 0 Å². The molecule has 0 aliphatic carbocycles. The number of methoxy groups -OCH3 is 1. The second kappa shape index (κ2) is 5.23. The van der Waals surface area contributed by atoms with E-state index in [0.717, 1.165) is 29.2 Å². The fourth-order valence-corrected chi connectivity index (χ4v) is 2.21. The van der Waals surface area contributed by atoms with Crippen molar-refractivity contribution in [2.45, 2.75) is 20.4 Å². The molecule has 0 unspecified atom stereocenters. The number of benzene rings is 1. The van der Waals surface area contributed by atoms with Crippen LogP contribution in [0.4, 0.5) is 0 Å². The van der Waals surface area contributed by atoms with Crippen LogP contribution in [0.15, 0.2) is 24.3 Å². The number of hydrogen-bond donors (Lipinski definition) is 1. The predicted molar refractivity (Wildman–Crippen MR) is 72.7 cm³/mol. The summed E-state index contributed by atoms with van der Waals surface area (Å²) in [5.74, 6) is 0.864. The summed E-state index contributed by atoms with van der Waals surface area (Å²) in [6.45, 7) is 5.46. The highest BCUT2D eigenvalue weighted by Crippen LogP contribution is 2.28. The number of nitrogens with two attached hydrogens (primary N) is 1. The fraction of sp³-hybridized carbons (Fsp3) is 0.357. The number of aromatic nitrogens is 2. The molecular weight excluding hydrogens is 226 g/mol. The van der Waals surface area contributed by atoms with E-state index in [0.29, 0.717) is 6.54 Å². The van der Waals surface area contributed by atoms with Gasteiger partial charge in [0.05, 0.1) is 19.3 Å². The van der Waals surface area contributed by atoms with Crippen molar-refractivity contribution >= 4 is 0 Å². The Morgan fingerprint density at radius 3 is 2.44 bits per heavy atom. The lowest BCUT2D eigenvalue weighted by atomic mass is 10.0. The standard InChI is InChI=1S/C14H19N3O/c1-10-14(11(2)17(16-10)9-8-15)12-4-6-13(18-3)7-5-12/h4-7H,8-9,15H2,1-3H3. The summed E-state index contributed by atoms with van der Waals surface area (Å²) in [4.78, 5) is 0. The zero-order chi connectivity index (χ0) is 13.1. The van der Waals surface area contributed by atoms with Crippen molar-refractivity contribution in [1.82, 2.24) is 9.78 Å². The Labute approximate surface area is 107 Å². The van der Waals surface area contributed by atoms with Crippen molar-refractivity contribution in [1.29, 1.82) is 0 Å². The summed E-state index contributed by atoms with van der Waals surface area (Å²) in [6.07, 6.45) is 0. The Morgan fingerprint density at radius 2 is 1.89 bits per heavy atom. The Balaban J connectivity index is 2.43. The largest absolute Gasteiger partial charge is 0.497 e. The van der Waals surface area contributed by atoms with Gasteiger partial charge in [0.1, 0.15) is 5.75 Å². The molecule has 0 radical (unpaired) electrons. The first-order valence-corrected chi connectivity index (χ1v) is 6.06. The van der Waals surface area contributed by atoms with Gasteiger partial charge in [0.2, 0.25) is 0 Å². The summed E-state index contributed by atoms with van der Waals surface area (Å²) in [6, 6.07) is 8.05. The smallest absolute Gasteiger partial charge is 0.118 e. The van der Waals surface area contributed by atoms with Crippen LogP contribution in [0.25, 0.3) is 11.1 Å². The van der Waals surface area contributed by atoms with Crippen LogP contribution in [0.1, 0.15) is 11.4 Å². The van der Waals surface area contributed by atoms with Crippen LogP contribution in [-0.2, 0) is 6.54 Å². The summed E-state index contributed by atoms with van der Waals surface area (Å²) < 4.78 is 7.14. The van der Waals surface area contributed by atoms with E-state index in [1.54, 1.807) is 7.11 Å². The number of aryl methyl sites for hydroxylation is 1. The molecule has 0 saturated carbocycles. The number of hydrogen-bond acceptors (Lipinski definition) is 3. The minimum absolute atomic E-state index is 0.601. The van der Waals surface area contributed by atoms with E-state index >= 15 is 0 Å². The summed E-state index contributed by atoms with van der Waals surface area (Å²) in [5.41, 5.74) is 10.1. The third-order valence-electron chi connectivity index (χ3n) is 3.10. The van der Waals surface area contributed by atoms with Gasteiger partial charge >= 0.3 is 0 Å². The summed E-state index contributed by atoms with van der Waals surface area (Å²) in [7, 11) is 1.67. The van der Waals surface area contributed by atoms with E-state index in [1.165, 1.54) is 5.56 Å². The normalized spacial score (nSPS) is 10.7. The maximum Gasteiger partial charge on any atom is 0.118 e. The molecule has 1 aromatic heterocycles. The van der Waals surface area contributed by atoms with Crippen molar-refractivity contribution in [2.24, 2.45) is 5.73 Å². The second-order valence-corrected chi connectivity index (χ2v) is 4.29. The fourth-order valence-electron chi connectivity index (χ4n) is 2.21. The highest BCUT2D eigenvalue weighted by Gasteiger charge is 2.12. The molecule has 1 heterocycles. The lowest BCUT2D eigenvalue weighted by molar-refractivity contribution is 0.415. The van der Waals surface area contributed by atoms with Gasteiger partial charge in [-0.25, -0.2) is 0 Å². The average Bonchev–Trinajstić information content (AvgIpc) is 2.65. The molecule has 2 N–H and O–H groups in total. The molecule has 0 spiro atoms. The molecule has 0 aliphatic rings. The first kappa shape index (κ1) is 12.6. The molecule has 18 heavy (non-hydrogen) atoms. The number of ether oxygens (including phenoxy) is 1. The molecule has 2 aromatic rings. The van der Waals surface area contributed by atoms with Gasteiger partial charge in [-0.2, -0.15) is 5.10 Å². The molecular formula is C14H19N3O. The van der Waals surface area contributed by atoms with Gasteiger partial charge in [0.25, 0.3) is 0 Å². The van der Waals surface area contributed by atoms with Crippen molar-refractivity contribution < 1.29 is 4.74 Å². The van der Waals surface area contributed by atoms with Crippen LogP contribution < -0.4 is 10.5 Å². The summed E-state index contributed by atoms with van der Waals surface area (Å²) in [5, 5.41) is 4.52. The second-order valence-electron chi connectivity index (χ2n) is 4.29. The molecule has 0 fully saturated rings. The van der Waals surface area contributed by atoms with Gasteiger partial charge in [-0.3, -0.25) is 4.68 Å². The molecule has 96 valence electrons. The summed E-state index contributed by atoms with van der Waals surface area (Å²) >= 11 is 0. The average molecular weight is 245 g/mol. The van der Waals surface area contributed by atoms with Crippen LogP contribution in [-0.4, -0.2) is 23.4 Å². The molecule has 4 nitrogen and oxygen atoms in total. The number of nitrogens with zero attached hydrogens (tertiary/aromatic N) is 2.